The van der Waals surface area contributed by atoms with Gasteiger partial charge in [0.05, 0.1) is 0 Å². The summed E-state index contributed by atoms with van der Waals surface area (Å²) in [4.78, 5) is 2.44. The first-order chi connectivity index (χ1) is 14.6. The van der Waals surface area contributed by atoms with Gasteiger partial charge in [-0.2, -0.15) is 0 Å². The van der Waals surface area contributed by atoms with E-state index in [1.165, 1.54) is 59.7 Å². The average molecular weight is 401 g/mol. The summed E-state index contributed by atoms with van der Waals surface area (Å²) in [5, 5.41) is 1.39. The highest BCUT2D eigenvalue weighted by Crippen LogP contribution is 2.43. The van der Waals surface area contributed by atoms with Crippen molar-refractivity contribution in [3.63, 3.8) is 0 Å². The van der Waals surface area contributed by atoms with E-state index < -0.39 is 0 Å². The summed E-state index contributed by atoms with van der Waals surface area (Å²) in [6, 6.07) is 19.5. The number of benzene rings is 2. The van der Waals surface area contributed by atoms with Gasteiger partial charge in [-0.25, -0.2) is 0 Å². The number of rotatable bonds is 10. The number of para-hydroxylation sites is 1. The summed E-state index contributed by atoms with van der Waals surface area (Å²) in [5.74, 6) is 1.50. The van der Waals surface area contributed by atoms with Gasteiger partial charge in [0.1, 0.15) is 0 Å². The van der Waals surface area contributed by atoms with Gasteiger partial charge in [-0.05, 0) is 75.2 Å². The van der Waals surface area contributed by atoms with Crippen LogP contribution in [0.4, 0.5) is 0 Å². The van der Waals surface area contributed by atoms with Crippen LogP contribution in [-0.2, 0) is 13.1 Å². The molecule has 0 N–H and O–H groups in total. The normalized spacial score (nSPS) is 18.8. The highest BCUT2D eigenvalue weighted by Gasteiger charge is 2.32. The molecule has 0 radical (unpaired) electrons. The fraction of sp³-hybridized carbons (Fsp3) is 0.429. The molecule has 1 saturated carbocycles. The lowest BCUT2D eigenvalue weighted by atomic mass is 9.67. The van der Waals surface area contributed by atoms with Crippen molar-refractivity contribution in [3.05, 3.63) is 84.1 Å². The number of nitrogens with zero attached hydrogens (tertiary/aromatic N) is 2. The molecular weight excluding hydrogens is 364 g/mol. The predicted octanol–water partition coefficient (Wildman–Crippen LogP) is 6.83. The van der Waals surface area contributed by atoms with Crippen molar-refractivity contribution < 1.29 is 0 Å². The third-order valence-electron chi connectivity index (χ3n) is 6.96. The SMILES string of the molecule is C=C1[C@H](CCCCn2cc(C)c3ccccc32)C[C@H]1CCN(C)Cc1ccccc1. The molecule has 0 spiro atoms. The first-order valence-corrected chi connectivity index (χ1v) is 11.6. The molecule has 1 aliphatic carbocycles. The van der Waals surface area contributed by atoms with Gasteiger partial charge in [-0.3, -0.25) is 0 Å². The molecule has 4 rings (SSSR count). The Bertz CT molecular complexity index is 969. The van der Waals surface area contributed by atoms with Crippen LogP contribution >= 0.6 is 0 Å². The largest absolute Gasteiger partial charge is 0.347 e. The van der Waals surface area contributed by atoms with E-state index in [4.69, 9.17) is 0 Å². The fourth-order valence-corrected chi connectivity index (χ4v) is 5.06. The van der Waals surface area contributed by atoms with Gasteiger partial charge in [0.2, 0.25) is 0 Å². The molecular formula is C28H36N2. The average Bonchev–Trinajstić information content (AvgIpc) is 3.08. The molecule has 0 saturated heterocycles. The fourth-order valence-electron chi connectivity index (χ4n) is 5.06. The number of unbranched alkanes of at least 4 members (excludes halogenated alkanes) is 1. The van der Waals surface area contributed by atoms with Crippen LogP contribution in [0.1, 0.15) is 43.2 Å². The van der Waals surface area contributed by atoms with Crippen molar-refractivity contribution in [2.45, 2.75) is 52.1 Å². The number of fused-ring (bicyclic) bond motifs is 1. The minimum absolute atomic E-state index is 0.740. The van der Waals surface area contributed by atoms with E-state index in [-0.39, 0.29) is 0 Å². The van der Waals surface area contributed by atoms with Crippen molar-refractivity contribution in [1.82, 2.24) is 9.47 Å². The van der Waals surface area contributed by atoms with Crippen LogP contribution in [0, 0.1) is 18.8 Å². The first kappa shape index (κ1) is 20.9. The summed E-state index contributed by atoms with van der Waals surface area (Å²) in [7, 11) is 2.23. The molecule has 2 atom stereocenters. The number of hydrogen-bond acceptors (Lipinski definition) is 1. The molecule has 0 unspecified atom stereocenters. The first-order valence-electron chi connectivity index (χ1n) is 11.6. The third kappa shape index (κ3) is 4.87. The topological polar surface area (TPSA) is 8.17 Å². The van der Waals surface area contributed by atoms with Gasteiger partial charge < -0.3 is 9.47 Å². The van der Waals surface area contributed by atoms with Gasteiger partial charge in [0.25, 0.3) is 0 Å². The van der Waals surface area contributed by atoms with Crippen LogP contribution in [0.25, 0.3) is 10.9 Å². The predicted molar refractivity (Wildman–Crippen MR) is 129 cm³/mol. The molecule has 0 aliphatic heterocycles. The lowest BCUT2D eigenvalue weighted by molar-refractivity contribution is 0.234. The molecule has 2 aromatic carbocycles. The Labute approximate surface area is 182 Å². The van der Waals surface area contributed by atoms with E-state index in [0.29, 0.717) is 0 Å². The summed E-state index contributed by atoms with van der Waals surface area (Å²) in [6.07, 6.45) is 8.79. The molecule has 30 heavy (non-hydrogen) atoms. The van der Waals surface area contributed by atoms with Gasteiger partial charge in [0, 0.05) is 30.2 Å². The van der Waals surface area contributed by atoms with Gasteiger partial charge in [0.15, 0.2) is 0 Å². The van der Waals surface area contributed by atoms with Crippen molar-refractivity contribution >= 4 is 10.9 Å². The third-order valence-corrected chi connectivity index (χ3v) is 6.96. The molecule has 1 aromatic heterocycles. The van der Waals surface area contributed by atoms with Crippen molar-refractivity contribution in [2.75, 3.05) is 13.6 Å². The molecule has 3 aromatic rings. The second-order valence-corrected chi connectivity index (χ2v) is 9.23. The van der Waals surface area contributed by atoms with E-state index >= 15 is 0 Å². The van der Waals surface area contributed by atoms with E-state index in [9.17, 15) is 0 Å². The lowest BCUT2D eigenvalue weighted by Crippen LogP contribution is -2.30. The second kappa shape index (κ2) is 9.66. The van der Waals surface area contributed by atoms with Crippen molar-refractivity contribution in [2.24, 2.45) is 11.8 Å². The van der Waals surface area contributed by atoms with Crippen molar-refractivity contribution in [3.8, 4) is 0 Å². The Hall–Kier alpha value is -2.32. The van der Waals surface area contributed by atoms with E-state index in [0.717, 1.165) is 31.5 Å². The van der Waals surface area contributed by atoms with Crippen LogP contribution in [0.3, 0.4) is 0 Å². The van der Waals surface area contributed by atoms with E-state index in [1.807, 2.05) is 0 Å². The number of aryl methyl sites for hydroxylation is 2. The summed E-state index contributed by atoms with van der Waals surface area (Å²) < 4.78 is 2.44. The van der Waals surface area contributed by atoms with Crippen LogP contribution in [0.5, 0.6) is 0 Å². The quantitative estimate of drug-likeness (QED) is 0.267. The molecule has 2 heteroatoms. The molecule has 0 amide bonds. The molecule has 0 bridgehead atoms. The Kier molecular flexibility index (Phi) is 6.74. The standard InChI is InChI=1S/C28H36N2/c1-22-20-30(28-15-8-7-14-27(22)28)17-10-9-13-25-19-26(23(25)2)16-18-29(3)21-24-11-5-4-6-12-24/h4-8,11-12,14-15,20,25-26H,2,9-10,13,16-19,21H2,1,3H3/t25-,26-/m1/s1. The van der Waals surface area contributed by atoms with Crippen LogP contribution in [-0.4, -0.2) is 23.1 Å². The lowest BCUT2D eigenvalue weighted by Gasteiger charge is -2.39. The maximum atomic E-state index is 4.44. The molecule has 1 heterocycles. The van der Waals surface area contributed by atoms with E-state index in [1.54, 1.807) is 0 Å². The highest BCUT2D eigenvalue weighted by molar-refractivity contribution is 5.83. The maximum absolute atomic E-state index is 4.44. The summed E-state index contributed by atoms with van der Waals surface area (Å²) in [5.41, 5.74) is 5.68. The van der Waals surface area contributed by atoms with Gasteiger partial charge >= 0.3 is 0 Å². The Morgan fingerprint density at radius 1 is 0.967 bits per heavy atom. The summed E-state index contributed by atoms with van der Waals surface area (Å²) >= 11 is 0. The highest BCUT2D eigenvalue weighted by atomic mass is 15.1. The molecule has 2 nitrogen and oxygen atoms in total. The molecule has 158 valence electrons. The minimum Gasteiger partial charge on any atom is -0.347 e. The van der Waals surface area contributed by atoms with E-state index in [2.05, 4.69) is 90.8 Å². The monoisotopic (exact) mass is 400 g/mol. The van der Waals surface area contributed by atoms with Gasteiger partial charge in [-0.15, -0.1) is 0 Å². The minimum atomic E-state index is 0.740. The van der Waals surface area contributed by atoms with Crippen LogP contribution < -0.4 is 0 Å². The number of allylic oxidation sites excluding steroid dienone is 1. The zero-order valence-corrected chi connectivity index (χ0v) is 18.7. The second-order valence-electron chi connectivity index (χ2n) is 9.23. The summed E-state index contributed by atoms with van der Waals surface area (Å²) in [6.45, 7) is 9.98. The van der Waals surface area contributed by atoms with Gasteiger partial charge in [-0.1, -0.05) is 67.1 Å². The van der Waals surface area contributed by atoms with Crippen LogP contribution in [0.2, 0.25) is 0 Å². The van der Waals surface area contributed by atoms with Crippen molar-refractivity contribution in [1.29, 1.82) is 0 Å². The molecule has 1 aliphatic rings. The Morgan fingerprint density at radius 3 is 2.50 bits per heavy atom. The van der Waals surface area contributed by atoms with Crippen LogP contribution in [0.15, 0.2) is 72.9 Å². The Morgan fingerprint density at radius 2 is 1.70 bits per heavy atom. The zero-order valence-electron chi connectivity index (χ0n) is 18.7. The number of hydrogen-bond donors (Lipinski definition) is 0. The number of aromatic nitrogens is 1. The zero-order chi connectivity index (χ0) is 20.9. The Balaban J connectivity index is 1.14. The molecule has 1 fully saturated rings. The smallest absolute Gasteiger partial charge is 0.0483 e. The maximum Gasteiger partial charge on any atom is 0.0483 e.